The van der Waals surface area contributed by atoms with E-state index in [9.17, 15) is 20.4 Å². The molecule has 0 aromatic carbocycles. The van der Waals surface area contributed by atoms with Gasteiger partial charge in [0, 0.05) is 20.8 Å². The number of aliphatic hydroxyl groups excluding tert-OH is 4. The van der Waals surface area contributed by atoms with Gasteiger partial charge in [-0.15, -0.1) is 0 Å². The number of hydrogen-bond donors (Lipinski definition) is 5. The standard InChI is InChI=1S/C13H22N10O6/c1-3(14)11-10(27)8(25)6(20-23-17)13(28-11)29-12-5(19-22-16)2-4(18-21-15)7(24)9(12)26/h3-13,24-27H,2,14H2,1H3/t3?,4-,5?,6?,7?,8-,9-,10-,11?,12+,13+/m1/s1. The third-order valence-electron chi connectivity index (χ3n) is 4.94. The van der Waals surface area contributed by atoms with Gasteiger partial charge in [-0.25, -0.2) is 0 Å². The highest BCUT2D eigenvalue weighted by atomic mass is 16.7. The summed E-state index contributed by atoms with van der Waals surface area (Å²) in [5, 5.41) is 51.4. The van der Waals surface area contributed by atoms with Crippen molar-refractivity contribution >= 4 is 0 Å². The number of rotatable bonds is 6. The minimum atomic E-state index is -1.66. The van der Waals surface area contributed by atoms with Crippen LogP contribution >= 0.6 is 0 Å². The lowest BCUT2D eigenvalue weighted by Gasteiger charge is -2.46. The number of aliphatic hydroxyl groups is 4. The summed E-state index contributed by atoms with van der Waals surface area (Å²) in [7, 11) is 0. The second-order valence-electron chi connectivity index (χ2n) is 6.87. The van der Waals surface area contributed by atoms with Crippen molar-refractivity contribution in [2.75, 3.05) is 0 Å². The van der Waals surface area contributed by atoms with E-state index in [1.165, 1.54) is 6.92 Å². The fourth-order valence-corrected chi connectivity index (χ4v) is 3.46. The van der Waals surface area contributed by atoms with Gasteiger partial charge in [0.25, 0.3) is 0 Å². The van der Waals surface area contributed by atoms with E-state index in [0.717, 1.165) is 0 Å². The molecule has 0 aromatic heterocycles. The van der Waals surface area contributed by atoms with Gasteiger partial charge in [-0.1, -0.05) is 15.3 Å². The van der Waals surface area contributed by atoms with E-state index in [2.05, 4.69) is 30.1 Å². The summed E-state index contributed by atoms with van der Waals surface area (Å²) in [6.07, 6.45) is -10.4. The van der Waals surface area contributed by atoms with Gasteiger partial charge in [0.15, 0.2) is 6.29 Å². The SMILES string of the molecule is CC(N)C1O[C@@H](O[C@H]2C(N=[N+]=[N-])C[C@@H](N=[N+]=[N-])C(O)[C@H]2O)C(N=[N+]=[N-])[C@@H](O)[C@H]1O. The van der Waals surface area contributed by atoms with Gasteiger partial charge in [0.2, 0.25) is 0 Å². The summed E-state index contributed by atoms with van der Waals surface area (Å²) < 4.78 is 11.2. The number of nitrogens with zero attached hydrogens (tertiary/aromatic N) is 9. The highest BCUT2D eigenvalue weighted by Crippen LogP contribution is 2.33. The molecular weight excluding hydrogens is 392 g/mol. The zero-order valence-corrected chi connectivity index (χ0v) is 15.3. The molecule has 29 heavy (non-hydrogen) atoms. The smallest absolute Gasteiger partial charge is 0.169 e. The molecule has 2 rings (SSSR count). The van der Waals surface area contributed by atoms with Crippen LogP contribution in [-0.4, -0.2) is 87.5 Å². The topological polar surface area (TPSA) is 272 Å². The maximum Gasteiger partial charge on any atom is 0.169 e. The van der Waals surface area contributed by atoms with Crippen molar-refractivity contribution in [3.05, 3.63) is 31.3 Å². The Morgan fingerprint density at radius 3 is 2.07 bits per heavy atom. The van der Waals surface area contributed by atoms with Gasteiger partial charge < -0.3 is 35.6 Å². The summed E-state index contributed by atoms with van der Waals surface area (Å²) >= 11 is 0. The second-order valence-corrected chi connectivity index (χ2v) is 6.87. The van der Waals surface area contributed by atoms with Crippen molar-refractivity contribution in [3.63, 3.8) is 0 Å². The van der Waals surface area contributed by atoms with Crippen molar-refractivity contribution in [3.8, 4) is 0 Å². The average molecular weight is 414 g/mol. The molecule has 1 heterocycles. The van der Waals surface area contributed by atoms with Crippen LogP contribution in [0, 0.1) is 0 Å². The number of ether oxygens (including phenoxy) is 2. The predicted octanol–water partition coefficient (Wildman–Crippen LogP) is -0.672. The van der Waals surface area contributed by atoms with Gasteiger partial charge in [-0.2, -0.15) is 0 Å². The average Bonchev–Trinajstić information content (AvgIpc) is 2.68. The van der Waals surface area contributed by atoms with Crippen LogP contribution in [-0.2, 0) is 9.47 Å². The summed E-state index contributed by atoms with van der Waals surface area (Å²) in [6.45, 7) is 1.51. The zero-order chi connectivity index (χ0) is 21.7. The molecule has 1 aliphatic heterocycles. The molecule has 6 N–H and O–H groups in total. The first-order chi connectivity index (χ1) is 13.8. The van der Waals surface area contributed by atoms with Crippen LogP contribution in [0.5, 0.6) is 0 Å². The quantitative estimate of drug-likeness (QED) is 0.212. The van der Waals surface area contributed by atoms with E-state index in [4.69, 9.17) is 31.8 Å². The molecule has 0 radical (unpaired) electrons. The largest absolute Gasteiger partial charge is 0.390 e. The molecule has 1 aliphatic carbocycles. The minimum Gasteiger partial charge on any atom is -0.390 e. The molecule has 16 nitrogen and oxygen atoms in total. The van der Waals surface area contributed by atoms with Crippen LogP contribution in [0.4, 0.5) is 0 Å². The first-order valence-corrected chi connectivity index (χ1v) is 8.68. The molecule has 0 aromatic rings. The number of nitrogens with two attached hydrogens (primary N) is 1. The normalized spacial score (nSPS) is 43.2. The van der Waals surface area contributed by atoms with Gasteiger partial charge in [0.05, 0.1) is 30.4 Å². The third kappa shape index (κ3) is 4.80. The van der Waals surface area contributed by atoms with Crippen LogP contribution in [0.2, 0.25) is 0 Å². The zero-order valence-electron chi connectivity index (χ0n) is 15.3. The van der Waals surface area contributed by atoms with Crippen LogP contribution in [0.25, 0.3) is 31.3 Å². The fourth-order valence-electron chi connectivity index (χ4n) is 3.46. The van der Waals surface area contributed by atoms with Gasteiger partial charge in [-0.05, 0) is 29.9 Å². The molecule has 11 atom stereocenters. The fraction of sp³-hybridized carbons (Fsp3) is 1.00. The van der Waals surface area contributed by atoms with E-state index in [-0.39, 0.29) is 6.42 Å². The van der Waals surface area contributed by atoms with Crippen molar-refractivity contribution < 1.29 is 29.9 Å². The summed E-state index contributed by atoms with van der Waals surface area (Å²) in [4.78, 5) is 7.85. The monoisotopic (exact) mass is 414 g/mol. The van der Waals surface area contributed by atoms with E-state index in [1.54, 1.807) is 0 Å². The van der Waals surface area contributed by atoms with Gasteiger partial charge in [0.1, 0.15) is 24.4 Å². The Bertz CT molecular complexity index is 721. The van der Waals surface area contributed by atoms with Crippen molar-refractivity contribution in [2.24, 2.45) is 21.1 Å². The number of hydrogen-bond acceptors (Lipinski definition) is 10. The molecule has 2 aliphatic rings. The molecule has 0 amide bonds. The Morgan fingerprint density at radius 1 is 0.931 bits per heavy atom. The Hall–Kier alpha value is -2.35. The number of azide groups is 3. The van der Waals surface area contributed by atoms with Crippen LogP contribution in [0.3, 0.4) is 0 Å². The highest BCUT2D eigenvalue weighted by molar-refractivity contribution is 5.02. The second kappa shape index (κ2) is 9.91. The van der Waals surface area contributed by atoms with Crippen molar-refractivity contribution in [2.45, 2.75) is 80.4 Å². The lowest BCUT2D eigenvalue weighted by atomic mass is 9.84. The maximum atomic E-state index is 10.4. The molecule has 1 saturated carbocycles. The Labute approximate surface area is 163 Å². The molecule has 160 valence electrons. The summed E-state index contributed by atoms with van der Waals surface area (Å²) in [6, 6.07) is -4.32. The van der Waals surface area contributed by atoms with Crippen LogP contribution < -0.4 is 5.73 Å². The Kier molecular flexibility index (Phi) is 7.84. The molecule has 0 spiro atoms. The maximum absolute atomic E-state index is 10.4. The molecule has 2 fully saturated rings. The predicted molar refractivity (Wildman–Crippen MR) is 94.6 cm³/mol. The van der Waals surface area contributed by atoms with E-state index >= 15 is 0 Å². The summed E-state index contributed by atoms with van der Waals surface area (Å²) in [5.74, 6) is 0. The molecule has 0 bridgehead atoms. The van der Waals surface area contributed by atoms with Gasteiger partial charge in [-0.3, -0.25) is 0 Å². The Balaban J connectivity index is 2.34. The summed E-state index contributed by atoms with van der Waals surface area (Å²) in [5.41, 5.74) is 31.9. The molecule has 5 unspecified atom stereocenters. The first kappa shape index (κ1) is 22.9. The van der Waals surface area contributed by atoms with Crippen molar-refractivity contribution in [1.82, 2.24) is 0 Å². The highest BCUT2D eigenvalue weighted by Gasteiger charge is 2.50. The first-order valence-electron chi connectivity index (χ1n) is 8.68. The van der Waals surface area contributed by atoms with E-state index in [0.29, 0.717) is 0 Å². The molecular formula is C13H22N10O6. The van der Waals surface area contributed by atoms with Crippen LogP contribution in [0.1, 0.15) is 13.3 Å². The van der Waals surface area contributed by atoms with Crippen LogP contribution in [0.15, 0.2) is 15.3 Å². The lowest BCUT2D eigenvalue weighted by Crippen LogP contribution is -2.64. The molecule has 1 saturated heterocycles. The van der Waals surface area contributed by atoms with E-state index < -0.39 is 67.1 Å². The van der Waals surface area contributed by atoms with Crippen molar-refractivity contribution in [1.29, 1.82) is 0 Å². The molecule has 16 heteroatoms. The Morgan fingerprint density at radius 2 is 1.52 bits per heavy atom. The minimum absolute atomic E-state index is 0.141. The lowest BCUT2D eigenvalue weighted by molar-refractivity contribution is -0.291. The van der Waals surface area contributed by atoms with E-state index in [1.807, 2.05) is 0 Å². The third-order valence-corrected chi connectivity index (χ3v) is 4.94. The van der Waals surface area contributed by atoms with Gasteiger partial charge >= 0.3 is 0 Å².